The second-order valence-corrected chi connectivity index (χ2v) is 5.95. The number of hydrogen-bond acceptors (Lipinski definition) is 6. The molecule has 0 saturated heterocycles. The lowest BCUT2D eigenvalue weighted by molar-refractivity contribution is -0.122. The number of amides is 2. The van der Waals surface area contributed by atoms with Gasteiger partial charge >= 0.3 is 5.97 Å². The number of aliphatic hydroxyl groups excluding tert-OH is 1. The first-order valence-electron chi connectivity index (χ1n) is 8.15. The summed E-state index contributed by atoms with van der Waals surface area (Å²) in [5.41, 5.74) is 0.391. The Morgan fingerprint density at radius 2 is 1.82 bits per heavy atom. The molecule has 28 heavy (non-hydrogen) atoms. The zero-order chi connectivity index (χ0) is 20.6. The van der Waals surface area contributed by atoms with Gasteiger partial charge in [-0.2, -0.15) is 0 Å². The van der Waals surface area contributed by atoms with Crippen molar-refractivity contribution in [2.75, 3.05) is 19.1 Å². The van der Waals surface area contributed by atoms with Crippen LogP contribution >= 0.6 is 0 Å². The summed E-state index contributed by atoms with van der Waals surface area (Å²) in [5.74, 6) is -2.98. The van der Waals surface area contributed by atoms with Gasteiger partial charge in [-0.1, -0.05) is 0 Å². The number of ether oxygens (including phenoxy) is 2. The maximum atomic E-state index is 13.7. The Hall–Kier alpha value is -3.68. The van der Waals surface area contributed by atoms with Gasteiger partial charge in [0.1, 0.15) is 17.3 Å². The van der Waals surface area contributed by atoms with E-state index in [4.69, 9.17) is 4.74 Å². The smallest absolute Gasteiger partial charge is 0.337 e. The van der Waals surface area contributed by atoms with Gasteiger partial charge in [0.15, 0.2) is 0 Å². The molecule has 0 spiro atoms. The third-order valence-corrected chi connectivity index (χ3v) is 4.32. The summed E-state index contributed by atoms with van der Waals surface area (Å²) in [6.45, 7) is 1.16. The minimum atomic E-state index is -0.787. The maximum Gasteiger partial charge on any atom is 0.337 e. The van der Waals surface area contributed by atoms with E-state index < -0.39 is 29.4 Å². The number of fused-ring (bicyclic) bond motifs is 1. The fourth-order valence-corrected chi connectivity index (χ4v) is 3.05. The van der Waals surface area contributed by atoms with Crippen molar-refractivity contribution in [3.8, 4) is 5.75 Å². The van der Waals surface area contributed by atoms with E-state index in [9.17, 15) is 23.9 Å². The van der Waals surface area contributed by atoms with Crippen LogP contribution in [0.25, 0.3) is 11.3 Å². The quantitative estimate of drug-likeness (QED) is 0.496. The summed E-state index contributed by atoms with van der Waals surface area (Å²) >= 11 is 0. The monoisotopic (exact) mass is 385 g/mol. The topological polar surface area (TPSA) is 93.1 Å². The molecule has 144 valence electrons. The molecule has 0 radical (unpaired) electrons. The molecule has 1 aliphatic heterocycles. The Kier molecular flexibility index (Phi) is 4.87. The van der Waals surface area contributed by atoms with E-state index in [1.807, 2.05) is 0 Å². The molecule has 2 aromatic rings. The van der Waals surface area contributed by atoms with Crippen LogP contribution in [0, 0.1) is 5.82 Å². The average molecular weight is 385 g/mol. The zero-order valence-electron chi connectivity index (χ0n) is 15.3. The van der Waals surface area contributed by atoms with E-state index >= 15 is 0 Å². The lowest BCUT2D eigenvalue weighted by Crippen LogP contribution is -2.31. The second-order valence-electron chi connectivity index (χ2n) is 5.95. The molecule has 0 unspecified atom stereocenters. The molecule has 0 atom stereocenters. The first-order valence-corrected chi connectivity index (χ1v) is 8.15. The first kappa shape index (κ1) is 19.1. The molecule has 0 bridgehead atoms. The van der Waals surface area contributed by atoms with E-state index in [1.54, 1.807) is 0 Å². The van der Waals surface area contributed by atoms with Crippen LogP contribution in [0.5, 0.6) is 5.75 Å². The van der Waals surface area contributed by atoms with Crippen molar-refractivity contribution < 1.29 is 33.4 Å². The third-order valence-electron chi connectivity index (χ3n) is 4.32. The number of methoxy groups -OCH3 is 2. The van der Waals surface area contributed by atoms with Gasteiger partial charge in [-0.25, -0.2) is 14.1 Å². The van der Waals surface area contributed by atoms with Crippen LogP contribution in [0.1, 0.15) is 28.4 Å². The van der Waals surface area contributed by atoms with Crippen LogP contribution in [0.15, 0.2) is 36.4 Å². The van der Waals surface area contributed by atoms with Crippen molar-refractivity contribution in [3.05, 3.63) is 58.9 Å². The molecule has 1 heterocycles. The number of benzene rings is 2. The number of esters is 1. The first-order chi connectivity index (χ1) is 13.3. The van der Waals surface area contributed by atoms with Gasteiger partial charge < -0.3 is 14.6 Å². The van der Waals surface area contributed by atoms with E-state index in [-0.39, 0.29) is 33.7 Å². The molecule has 2 aromatic carbocycles. The van der Waals surface area contributed by atoms with Gasteiger partial charge in [0, 0.05) is 12.5 Å². The number of anilines is 1. The third kappa shape index (κ3) is 2.98. The van der Waals surface area contributed by atoms with Gasteiger partial charge in [0.05, 0.1) is 36.6 Å². The normalized spacial score (nSPS) is 14.6. The molecule has 7 nitrogen and oxygen atoms in total. The van der Waals surface area contributed by atoms with Crippen molar-refractivity contribution in [1.29, 1.82) is 0 Å². The van der Waals surface area contributed by atoms with Gasteiger partial charge in [-0.15, -0.1) is 0 Å². The highest BCUT2D eigenvalue weighted by Crippen LogP contribution is 2.42. The standard InChI is InChI=1S/C20H16FNO6/c1-10(23)22-15-9-12(21)5-7-13(15)17(19(22)25)18(24)14-6-4-11(20(26)28-3)8-16(14)27-2/h4-9,24H,1-3H3. The number of halogens is 1. The molecule has 0 fully saturated rings. The molecule has 1 N–H and O–H groups in total. The molecule has 0 saturated carbocycles. The highest BCUT2D eigenvalue weighted by molar-refractivity contribution is 6.42. The summed E-state index contributed by atoms with van der Waals surface area (Å²) in [6.07, 6.45) is 0. The number of nitrogens with zero attached hydrogens (tertiary/aromatic N) is 1. The van der Waals surface area contributed by atoms with Crippen LogP contribution in [0.3, 0.4) is 0 Å². The lowest BCUT2D eigenvalue weighted by atomic mass is 10.0. The number of carbonyl (C=O) groups excluding carboxylic acids is 3. The predicted octanol–water partition coefficient (Wildman–Crippen LogP) is 2.94. The van der Waals surface area contributed by atoms with Gasteiger partial charge in [-0.3, -0.25) is 9.59 Å². The Balaban J connectivity index is 2.23. The Bertz CT molecular complexity index is 1040. The average Bonchev–Trinajstić information content (AvgIpc) is 2.97. The Morgan fingerprint density at radius 1 is 1.11 bits per heavy atom. The number of rotatable bonds is 3. The molecule has 0 aliphatic carbocycles. The SMILES string of the molecule is COC(=O)c1ccc(C(O)=C2C(=O)N(C(C)=O)c3cc(F)ccc32)c(OC)c1. The van der Waals surface area contributed by atoms with Crippen LogP contribution in [-0.2, 0) is 14.3 Å². The van der Waals surface area contributed by atoms with E-state index in [1.165, 1.54) is 38.5 Å². The minimum absolute atomic E-state index is 0.0456. The van der Waals surface area contributed by atoms with E-state index in [0.717, 1.165) is 24.0 Å². The number of hydrogen-bond donors (Lipinski definition) is 1. The number of aliphatic hydroxyl groups is 1. The Morgan fingerprint density at radius 3 is 2.43 bits per heavy atom. The van der Waals surface area contributed by atoms with Crippen LogP contribution in [0.2, 0.25) is 0 Å². The van der Waals surface area contributed by atoms with Crippen LogP contribution < -0.4 is 9.64 Å². The summed E-state index contributed by atoms with van der Waals surface area (Å²) in [6, 6.07) is 7.62. The molecular weight excluding hydrogens is 369 g/mol. The summed E-state index contributed by atoms with van der Waals surface area (Å²) < 4.78 is 23.5. The van der Waals surface area contributed by atoms with E-state index in [0.29, 0.717) is 0 Å². The molecule has 2 amide bonds. The molecule has 1 aliphatic rings. The summed E-state index contributed by atoms with van der Waals surface area (Å²) in [4.78, 5) is 37.2. The molecule has 8 heteroatoms. The van der Waals surface area contributed by atoms with Gasteiger partial charge in [0.2, 0.25) is 5.91 Å². The van der Waals surface area contributed by atoms with E-state index in [2.05, 4.69) is 4.74 Å². The highest BCUT2D eigenvalue weighted by Gasteiger charge is 2.38. The van der Waals surface area contributed by atoms with Crippen LogP contribution in [0.4, 0.5) is 10.1 Å². The van der Waals surface area contributed by atoms with Crippen molar-refractivity contribution in [2.24, 2.45) is 0 Å². The largest absolute Gasteiger partial charge is 0.506 e. The number of carbonyl (C=O) groups is 3. The van der Waals surface area contributed by atoms with Crippen molar-refractivity contribution >= 4 is 34.8 Å². The second kappa shape index (κ2) is 7.15. The van der Waals surface area contributed by atoms with Gasteiger partial charge in [0.25, 0.3) is 5.91 Å². The fourth-order valence-electron chi connectivity index (χ4n) is 3.05. The van der Waals surface area contributed by atoms with Crippen LogP contribution in [-0.4, -0.2) is 37.1 Å². The summed E-state index contributed by atoms with van der Waals surface area (Å²) in [7, 11) is 2.56. The maximum absolute atomic E-state index is 13.7. The molecular formula is C20H16FNO6. The fraction of sp³-hybridized carbons (Fsp3) is 0.150. The molecule has 0 aromatic heterocycles. The highest BCUT2D eigenvalue weighted by atomic mass is 19.1. The van der Waals surface area contributed by atoms with Crippen molar-refractivity contribution in [2.45, 2.75) is 6.92 Å². The minimum Gasteiger partial charge on any atom is -0.506 e. The summed E-state index contributed by atoms with van der Waals surface area (Å²) in [5, 5.41) is 10.8. The predicted molar refractivity (Wildman–Crippen MR) is 98.3 cm³/mol. The molecule has 3 rings (SSSR count). The lowest BCUT2D eigenvalue weighted by Gasteiger charge is -2.13. The Labute approximate surface area is 159 Å². The zero-order valence-corrected chi connectivity index (χ0v) is 15.3. The van der Waals surface area contributed by atoms with Crippen molar-refractivity contribution in [3.63, 3.8) is 0 Å². The van der Waals surface area contributed by atoms with Gasteiger partial charge in [-0.05, 0) is 36.4 Å². The number of imide groups is 1. The van der Waals surface area contributed by atoms with Crippen molar-refractivity contribution in [1.82, 2.24) is 0 Å².